The lowest BCUT2D eigenvalue weighted by Gasteiger charge is -2.19. The summed E-state index contributed by atoms with van der Waals surface area (Å²) >= 11 is 0. The molecule has 0 bridgehead atoms. The second kappa shape index (κ2) is 7.03. The van der Waals surface area contributed by atoms with E-state index < -0.39 is 0 Å². The molecule has 0 saturated carbocycles. The van der Waals surface area contributed by atoms with Crippen molar-refractivity contribution in [2.45, 2.75) is 47.6 Å². The molecule has 4 nitrogen and oxygen atoms in total. The topological polar surface area (TPSA) is 49.4 Å². The summed E-state index contributed by atoms with van der Waals surface area (Å²) < 4.78 is 0. The Labute approximate surface area is 160 Å². The van der Waals surface area contributed by atoms with Gasteiger partial charge in [-0.2, -0.15) is 0 Å². The van der Waals surface area contributed by atoms with Crippen LogP contribution in [0.15, 0.2) is 42.1 Å². The van der Waals surface area contributed by atoms with E-state index in [9.17, 15) is 9.59 Å². The molecule has 1 aliphatic rings. The number of hydrogen-bond acceptors (Lipinski definition) is 3. The molecule has 2 aromatic carbocycles. The Balaban J connectivity index is 2.19. The highest BCUT2D eigenvalue weighted by Crippen LogP contribution is 2.34. The Morgan fingerprint density at radius 1 is 0.815 bits per heavy atom. The first-order valence-electron chi connectivity index (χ1n) is 9.24. The van der Waals surface area contributed by atoms with Gasteiger partial charge in [0.05, 0.1) is 5.57 Å². The van der Waals surface area contributed by atoms with Crippen LogP contribution in [0, 0.1) is 27.7 Å². The van der Waals surface area contributed by atoms with Crippen LogP contribution in [0.25, 0.3) is 5.57 Å². The minimum absolute atomic E-state index is 0.205. The highest BCUT2D eigenvalue weighted by Gasteiger charge is 2.41. The molecular formula is C23H26N2O2. The first-order chi connectivity index (χ1) is 12.7. The summed E-state index contributed by atoms with van der Waals surface area (Å²) in [6.07, 6.45) is 0. The molecule has 2 amide bonds. The van der Waals surface area contributed by atoms with Gasteiger partial charge in [-0.3, -0.25) is 14.5 Å². The lowest BCUT2D eigenvalue weighted by molar-refractivity contribution is -0.138. The number of aryl methyl sites for hydroxylation is 4. The fourth-order valence-corrected chi connectivity index (χ4v) is 3.48. The zero-order valence-corrected chi connectivity index (χ0v) is 16.8. The number of anilines is 1. The molecule has 27 heavy (non-hydrogen) atoms. The van der Waals surface area contributed by atoms with Crippen molar-refractivity contribution >= 4 is 23.1 Å². The number of imide groups is 1. The highest BCUT2D eigenvalue weighted by atomic mass is 16.2. The van der Waals surface area contributed by atoms with Gasteiger partial charge in [0.1, 0.15) is 5.70 Å². The van der Waals surface area contributed by atoms with Crippen LogP contribution in [-0.2, 0) is 9.59 Å². The molecule has 140 valence electrons. The molecule has 4 heteroatoms. The summed E-state index contributed by atoms with van der Waals surface area (Å²) in [7, 11) is 0. The van der Waals surface area contributed by atoms with E-state index in [1.165, 1.54) is 4.90 Å². The van der Waals surface area contributed by atoms with Gasteiger partial charge >= 0.3 is 0 Å². The molecule has 0 spiro atoms. The molecule has 3 rings (SSSR count). The van der Waals surface area contributed by atoms with Gasteiger partial charge in [-0.15, -0.1) is 0 Å². The van der Waals surface area contributed by atoms with E-state index >= 15 is 0 Å². The maximum atomic E-state index is 13.2. The van der Waals surface area contributed by atoms with Crippen molar-refractivity contribution in [3.05, 3.63) is 69.9 Å². The number of amides is 2. The van der Waals surface area contributed by atoms with Gasteiger partial charge in [0, 0.05) is 11.7 Å². The second-order valence-corrected chi connectivity index (χ2v) is 7.59. The lowest BCUT2D eigenvalue weighted by Crippen LogP contribution is -2.38. The molecule has 2 aromatic rings. The van der Waals surface area contributed by atoms with Crippen LogP contribution in [0.2, 0.25) is 0 Å². The van der Waals surface area contributed by atoms with Crippen LogP contribution in [0.5, 0.6) is 0 Å². The third kappa shape index (κ3) is 3.39. The highest BCUT2D eigenvalue weighted by molar-refractivity contribution is 6.37. The fourth-order valence-electron chi connectivity index (χ4n) is 3.48. The molecule has 0 unspecified atom stereocenters. The average Bonchev–Trinajstić information content (AvgIpc) is 2.82. The second-order valence-electron chi connectivity index (χ2n) is 7.59. The van der Waals surface area contributed by atoms with Crippen molar-refractivity contribution in [1.82, 2.24) is 4.90 Å². The maximum Gasteiger partial charge on any atom is 0.278 e. The number of nitrogens with zero attached hydrogens (tertiary/aromatic N) is 1. The predicted molar refractivity (Wildman–Crippen MR) is 109 cm³/mol. The molecular weight excluding hydrogens is 336 g/mol. The number of carbonyl (C=O) groups is 2. The molecule has 1 N–H and O–H groups in total. The van der Waals surface area contributed by atoms with Crippen molar-refractivity contribution in [2.24, 2.45) is 0 Å². The molecule has 0 atom stereocenters. The summed E-state index contributed by atoms with van der Waals surface area (Å²) in [5.74, 6) is -0.513. The standard InChI is InChI=1S/C23H26N2O2/c1-13(2)25-22(26)20(18-10-8-14(3)11-17(18)6)21(23(25)27)24-19-12-15(4)7-9-16(19)5/h7-13,24H,1-6H3. The van der Waals surface area contributed by atoms with Gasteiger partial charge in [-0.05, 0) is 69.9 Å². The summed E-state index contributed by atoms with van der Waals surface area (Å²) in [4.78, 5) is 27.6. The van der Waals surface area contributed by atoms with Gasteiger partial charge in [-0.1, -0.05) is 35.9 Å². The van der Waals surface area contributed by atoms with Crippen LogP contribution < -0.4 is 5.32 Å². The molecule has 0 radical (unpaired) electrons. The SMILES string of the molecule is Cc1ccc(C2=C(Nc3cc(C)ccc3C)C(=O)N(C(C)C)C2=O)c(C)c1. The van der Waals surface area contributed by atoms with Gasteiger partial charge in [-0.25, -0.2) is 0 Å². The molecule has 0 aliphatic carbocycles. The first kappa shape index (κ1) is 18.9. The Hall–Kier alpha value is -2.88. The van der Waals surface area contributed by atoms with E-state index in [0.717, 1.165) is 33.5 Å². The van der Waals surface area contributed by atoms with Gasteiger partial charge in [0.15, 0.2) is 0 Å². The zero-order valence-electron chi connectivity index (χ0n) is 16.8. The third-order valence-electron chi connectivity index (χ3n) is 4.94. The van der Waals surface area contributed by atoms with Crippen LogP contribution in [0.1, 0.15) is 41.7 Å². The largest absolute Gasteiger partial charge is 0.350 e. The summed E-state index contributed by atoms with van der Waals surface area (Å²) in [6, 6.07) is 11.8. The number of benzene rings is 2. The van der Waals surface area contributed by atoms with E-state index in [-0.39, 0.29) is 17.9 Å². The summed E-state index contributed by atoms with van der Waals surface area (Å²) in [6.45, 7) is 11.7. The normalized spacial score (nSPS) is 14.6. The van der Waals surface area contributed by atoms with E-state index in [2.05, 4.69) is 5.32 Å². The van der Waals surface area contributed by atoms with Crippen molar-refractivity contribution in [2.75, 3.05) is 5.32 Å². The molecule has 1 aliphatic heterocycles. The minimum Gasteiger partial charge on any atom is -0.350 e. The number of carbonyl (C=O) groups excluding carboxylic acids is 2. The fraction of sp³-hybridized carbons (Fsp3) is 0.304. The Bertz CT molecular complexity index is 970. The maximum absolute atomic E-state index is 13.2. The quantitative estimate of drug-likeness (QED) is 0.814. The van der Waals surface area contributed by atoms with Crippen LogP contribution in [0.4, 0.5) is 5.69 Å². The average molecular weight is 362 g/mol. The van der Waals surface area contributed by atoms with Crippen LogP contribution in [0.3, 0.4) is 0 Å². The van der Waals surface area contributed by atoms with Crippen molar-refractivity contribution in [3.63, 3.8) is 0 Å². The van der Waals surface area contributed by atoms with Gasteiger partial charge in [0.25, 0.3) is 11.8 Å². The smallest absolute Gasteiger partial charge is 0.278 e. The Morgan fingerprint density at radius 3 is 2.07 bits per heavy atom. The van der Waals surface area contributed by atoms with Gasteiger partial charge in [0.2, 0.25) is 0 Å². The van der Waals surface area contributed by atoms with Crippen molar-refractivity contribution in [1.29, 1.82) is 0 Å². The van der Waals surface area contributed by atoms with Crippen molar-refractivity contribution < 1.29 is 9.59 Å². The van der Waals surface area contributed by atoms with Crippen LogP contribution in [-0.4, -0.2) is 22.8 Å². The number of nitrogens with one attached hydrogen (secondary N) is 1. The van der Waals surface area contributed by atoms with Gasteiger partial charge < -0.3 is 5.32 Å². The number of hydrogen-bond donors (Lipinski definition) is 1. The summed E-state index contributed by atoms with van der Waals surface area (Å²) in [5, 5.41) is 3.27. The lowest BCUT2D eigenvalue weighted by atomic mass is 9.97. The first-order valence-corrected chi connectivity index (χ1v) is 9.24. The summed E-state index contributed by atoms with van der Waals surface area (Å²) in [5.41, 5.74) is 6.68. The van der Waals surface area contributed by atoms with E-state index in [1.54, 1.807) is 0 Å². The van der Waals surface area contributed by atoms with Crippen molar-refractivity contribution in [3.8, 4) is 0 Å². The Kier molecular flexibility index (Phi) is 4.92. The molecule has 0 fully saturated rings. The van der Waals surface area contributed by atoms with E-state index in [4.69, 9.17) is 0 Å². The Morgan fingerprint density at radius 2 is 1.44 bits per heavy atom. The minimum atomic E-state index is -0.272. The molecule has 1 heterocycles. The predicted octanol–water partition coefficient (Wildman–Crippen LogP) is 4.52. The molecule has 0 aromatic heterocycles. The number of rotatable bonds is 4. The van der Waals surface area contributed by atoms with E-state index in [1.807, 2.05) is 77.9 Å². The monoisotopic (exact) mass is 362 g/mol. The van der Waals surface area contributed by atoms with Crippen LogP contribution >= 0.6 is 0 Å². The zero-order chi connectivity index (χ0) is 19.9. The third-order valence-corrected chi connectivity index (χ3v) is 4.94. The van der Waals surface area contributed by atoms with E-state index in [0.29, 0.717) is 11.3 Å². The molecule has 0 saturated heterocycles.